The standard InChI is InChI=1S/C48H29N3/c1-2-11-31(12-3-1)42-29-43(35-21-20-30-10-4-5-13-34(30)28-35)50-48(49-42)33-22-24-36(25-23-33)51-44-19-7-6-16-37(44)40-27-26-39-38-17-8-14-32-15-9-18-41(45(32)38)46(39)47(40)51/h1-29H. The van der Waals surface area contributed by atoms with Crippen LogP contribution >= 0.6 is 0 Å². The van der Waals surface area contributed by atoms with Gasteiger partial charge in [0, 0.05) is 38.7 Å². The second-order valence-corrected chi connectivity index (χ2v) is 13.4. The van der Waals surface area contributed by atoms with Crippen LogP contribution in [0.2, 0.25) is 0 Å². The third-order valence-corrected chi connectivity index (χ3v) is 10.5. The largest absolute Gasteiger partial charge is 0.309 e. The molecule has 1 aliphatic rings. The number of hydrogen-bond donors (Lipinski definition) is 0. The molecule has 0 saturated heterocycles. The lowest BCUT2D eigenvalue weighted by molar-refractivity contribution is 1.16. The Balaban J connectivity index is 1.10. The van der Waals surface area contributed by atoms with Crippen LogP contribution in [-0.2, 0) is 0 Å². The van der Waals surface area contributed by atoms with Gasteiger partial charge in [-0.3, -0.25) is 0 Å². The maximum Gasteiger partial charge on any atom is 0.160 e. The second kappa shape index (κ2) is 10.8. The zero-order chi connectivity index (χ0) is 33.5. The highest BCUT2D eigenvalue weighted by atomic mass is 15.0. The molecule has 10 aromatic rings. The van der Waals surface area contributed by atoms with Gasteiger partial charge >= 0.3 is 0 Å². The van der Waals surface area contributed by atoms with E-state index in [1.807, 2.05) is 6.07 Å². The van der Waals surface area contributed by atoms with Crippen molar-refractivity contribution < 1.29 is 0 Å². The Hall–Kier alpha value is -6.84. The Labute approximate surface area is 294 Å². The fourth-order valence-electron chi connectivity index (χ4n) is 8.19. The van der Waals surface area contributed by atoms with E-state index in [4.69, 9.17) is 9.97 Å². The Morgan fingerprint density at radius 3 is 1.92 bits per heavy atom. The predicted molar refractivity (Wildman–Crippen MR) is 212 cm³/mol. The van der Waals surface area contributed by atoms with E-state index in [-0.39, 0.29) is 0 Å². The zero-order valence-electron chi connectivity index (χ0n) is 27.6. The van der Waals surface area contributed by atoms with Crippen LogP contribution in [0.15, 0.2) is 176 Å². The lowest BCUT2D eigenvalue weighted by atomic mass is 10.00. The van der Waals surface area contributed by atoms with E-state index in [0.29, 0.717) is 5.82 Å². The Bertz CT molecular complexity index is 3000. The highest BCUT2D eigenvalue weighted by Gasteiger charge is 2.26. The van der Waals surface area contributed by atoms with E-state index >= 15 is 0 Å². The van der Waals surface area contributed by atoms with Crippen LogP contribution in [0.25, 0.3) is 105 Å². The molecule has 1 aliphatic carbocycles. The first-order chi connectivity index (χ1) is 25.3. The molecule has 2 aromatic heterocycles. The van der Waals surface area contributed by atoms with Crippen molar-refractivity contribution >= 4 is 43.4 Å². The van der Waals surface area contributed by atoms with E-state index in [1.165, 1.54) is 65.6 Å². The van der Waals surface area contributed by atoms with Crippen molar-refractivity contribution in [3.63, 3.8) is 0 Å². The Morgan fingerprint density at radius 2 is 1.08 bits per heavy atom. The molecule has 3 heteroatoms. The molecular formula is C48H29N3. The fraction of sp³-hybridized carbons (Fsp3) is 0. The van der Waals surface area contributed by atoms with E-state index in [2.05, 4.69) is 174 Å². The van der Waals surface area contributed by atoms with Gasteiger partial charge in [0.15, 0.2) is 5.82 Å². The molecule has 0 N–H and O–H groups in total. The number of fused-ring (bicyclic) bond motifs is 8. The summed E-state index contributed by atoms with van der Waals surface area (Å²) >= 11 is 0. The minimum atomic E-state index is 0.705. The summed E-state index contributed by atoms with van der Waals surface area (Å²) in [6.07, 6.45) is 0. The summed E-state index contributed by atoms with van der Waals surface area (Å²) in [6.45, 7) is 0. The number of hydrogen-bond acceptors (Lipinski definition) is 2. The molecule has 0 fully saturated rings. The lowest BCUT2D eigenvalue weighted by Crippen LogP contribution is -1.98. The molecule has 3 nitrogen and oxygen atoms in total. The Kier molecular flexibility index (Phi) is 5.96. The van der Waals surface area contributed by atoms with E-state index < -0.39 is 0 Å². The van der Waals surface area contributed by atoms with Gasteiger partial charge in [-0.2, -0.15) is 0 Å². The molecule has 0 atom stereocenters. The molecular weight excluding hydrogens is 619 g/mol. The number of rotatable bonds is 4. The van der Waals surface area contributed by atoms with Gasteiger partial charge in [0.05, 0.1) is 22.4 Å². The van der Waals surface area contributed by atoms with Crippen LogP contribution < -0.4 is 0 Å². The van der Waals surface area contributed by atoms with E-state index in [1.54, 1.807) is 0 Å². The third-order valence-electron chi connectivity index (χ3n) is 10.5. The van der Waals surface area contributed by atoms with Crippen molar-refractivity contribution in [1.29, 1.82) is 0 Å². The average molecular weight is 648 g/mol. The molecule has 0 aliphatic heterocycles. The van der Waals surface area contributed by atoms with Crippen molar-refractivity contribution in [2.75, 3.05) is 0 Å². The molecule has 0 unspecified atom stereocenters. The summed E-state index contributed by atoms with van der Waals surface area (Å²) < 4.78 is 2.44. The Morgan fingerprint density at radius 1 is 0.392 bits per heavy atom. The molecule has 236 valence electrons. The van der Waals surface area contributed by atoms with Gasteiger partial charge in [0.25, 0.3) is 0 Å². The smallest absolute Gasteiger partial charge is 0.160 e. The first kappa shape index (κ1) is 28.0. The van der Waals surface area contributed by atoms with Crippen molar-refractivity contribution in [2.24, 2.45) is 0 Å². The van der Waals surface area contributed by atoms with Gasteiger partial charge in [-0.15, -0.1) is 0 Å². The maximum atomic E-state index is 5.17. The van der Waals surface area contributed by atoms with Crippen LogP contribution in [0.5, 0.6) is 0 Å². The molecule has 0 saturated carbocycles. The average Bonchev–Trinajstić information content (AvgIpc) is 3.72. The third kappa shape index (κ3) is 4.25. The topological polar surface area (TPSA) is 30.7 Å². The number of aromatic nitrogens is 3. The summed E-state index contributed by atoms with van der Waals surface area (Å²) in [7, 11) is 0. The number of para-hydroxylation sites is 1. The zero-order valence-corrected chi connectivity index (χ0v) is 27.6. The summed E-state index contributed by atoms with van der Waals surface area (Å²) in [5.74, 6) is 0.705. The van der Waals surface area contributed by atoms with Crippen LogP contribution in [0.3, 0.4) is 0 Å². The van der Waals surface area contributed by atoms with Crippen molar-refractivity contribution in [1.82, 2.24) is 14.5 Å². The SMILES string of the molecule is c1ccc(-c2cc(-c3ccc4ccccc4c3)nc(-c3ccc(-n4c5ccccc5c5ccc6c(c54)-c4cccc5cccc-6c45)cc3)n2)cc1. The maximum absolute atomic E-state index is 5.17. The molecule has 0 bridgehead atoms. The minimum absolute atomic E-state index is 0.705. The predicted octanol–water partition coefficient (Wildman–Crippen LogP) is 12.5. The second-order valence-electron chi connectivity index (χ2n) is 13.4. The quantitative estimate of drug-likeness (QED) is 0.190. The highest BCUT2D eigenvalue weighted by Crippen LogP contribution is 2.52. The molecule has 0 radical (unpaired) electrons. The van der Waals surface area contributed by atoms with Crippen molar-refractivity contribution in [3.05, 3.63) is 176 Å². The lowest BCUT2D eigenvalue weighted by Gasteiger charge is -2.13. The monoisotopic (exact) mass is 647 g/mol. The fourth-order valence-corrected chi connectivity index (χ4v) is 8.19. The van der Waals surface area contributed by atoms with Crippen molar-refractivity contribution in [2.45, 2.75) is 0 Å². The van der Waals surface area contributed by atoms with Gasteiger partial charge in [-0.05, 0) is 80.7 Å². The molecule has 51 heavy (non-hydrogen) atoms. The summed E-state index contributed by atoms with van der Waals surface area (Å²) in [5, 5.41) is 7.54. The van der Waals surface area contributed by atoms with Crippen molar-refractivity contribution in [3.8, 4) is 61.8 Å². The minimum Gasteiger partial charge on any atom is -0.309 e. The van der Waals surface area contributed by atoms with Gasteiger partial charge in [-0.25, -0.2) is 9.97 Å². The van der Waals surface area contributed by atoms with Crippen LogP contribution in [-0.4, -0.2) is 14.5 Å². The van der Waals surface area contributed by atoms with Crippen LogP contribution in [0, 0.1) is 0 Å². The summed E-state index contributed by atoms with van der Waals surface area (Å²) in [6, 6.07) is 63.0. The molecule has 0 amide bonds. The van der Waals surface area contributed by atoms with E-state index in [9.17, 15) is 0 Å². The van der Waals surface area contributed by atoms with Gasteiger partial charge < -0.3 is 4.57 Å². The number of benzene rings is 8. The van der Waals surface area contributed by atoms with Gasteiger partial charge in [-0.1, -0.05) is 133 Å². The summed E-state index contributed by atoms with van der Waals surface area (Å²) in [4.78, 5) is 10.3. The van der Waals surface area contributed by atoms with Gasteiger partial charge in [0.1, 0.15) is 0 Å². The number of nitrogens with zero attached hydrogens (tertiary/aromatic N) is 3. The first-order valence-corrected chi connectivity index (χ1v) is 17.4. The highest BCUT2D eigenvalue weighted by molar-refractivity contribution is 6.24. The molecule has 8 aromatic carbocycles. The molecule has 2 heterocycles. The summed E-state index contributed by atoms with van der Waals surface area (Å²) in [5.41, 5.74) is 13.7. The van der Waals surface area contributed by atoms with E-state index in [0.717, 1.165) is 33.8 Å². The van der Waals surface area contributed by atoms with Crippen LogP contribution in [0.1, 0.15) is 0 Å². The normalized spacial score (nSPS) is 11.9. The molecule has 0 spiro atoms. The van der Waals surface area contributed by atoms with Crippen LogP contribution in [0.4, 0.5) is 0 Å². The molecule has 11 rings (SSSR count). The van der Waals surface area contributed by atoms with Gasteiger partial charge in [0.2, 0.25) is 0 Å². The first-order valence-electron chi connectivity index (χ1n) is 17.4.